The molecule has 18 heavy (non-hydrogen) atoms. The Labute approximate surface area is 111 Å². The zero-order valence-electron chi connectivity index (χ0n) is 10.5. The van der Waals surface area contributed by atoms with Gasteiger partial charge in [0, 0.05) is 29.9 Å². The fourth-order valence-electron chi connectivity index (χ4n) is 2.59. The monoisotopic (exact) mass is 268 g/mol. The summed E-state index contributed by atoms with van der Waals surface area (Å²) in [6.07, 6.45) is 1.17. The molecule has 0 saturated carbocycles. The minimum atomic E-state index is -1.32. The molecule has 1 aromatic carbocycles. The van der Waals surface area contributed by atoms with E-state index in [9.17, 15) is 9.90 Å². The molecule has 2 rings (SSSR count). The molecule has 0 aromatic heterocycles. The Balaban J connectivity index is 2.72. The van der Waals surface area contributed by atoms with Crippen LogP contribution in [0.4, 0.5) is 5.69 Å². The molecule has 0 fully saturated rings. The first-order chi connectivity index (χ1) is 8.38. The molecule has 1 unspecified atom stereocenters. The summed E-state index contributed by atoms with van der Waals surface area (Å²) >= 11 is 6.12. The van der Waals surface area contributed by atoms with Gasteiger partial charge in [0.2, 0.25) is 0 Å². The van der Waals surface area contributed by atoms with Gasteiger partial charge in [-0.05, 0) is 31.4 Å². The average Bonchev–Trinajstić information content (AvgIpc) is 2.43. The van der Waals surface area contributed by atoms with E-state index in [4.69, 9.17) is 17.3 Å². The van der Waals surface area contributed by atoms with Gasteiger partial charge in [0.05, 0.1) is 0 Å². The predicted molar refractivity (Wildman–Crippen MR) is 72.2 cm³/mol. The molecule has 0 radical (unpaired) electrons. The van der Waals surface area contributed by atoms with Gasteiger partial charge in [-0.3, -0.25) is 0 Å². The Morgan fingerprint density at radius 1 is 1.56 bits per heavy atom. The Hall–Kier alpha value is -1.26. The lowest BCUT2D eigenvalue weighted by Gasteiger charge is -2.28. The second-order valence-electron chi connectivity index (χ2n) is 4.87. The number of hydrogen-bond donors (Lipinski definition) is 2. The Bertz CT molecular complexity index is 504. The van der Waals surface area contributed by atoms with Crippen LogP contribution in [0.5, 0.6) is 0 Å². The third kappa shape index (κ3) is 1.85. The molecule has 5 heteroatoms. The maximum Gasteiger partial charge on any atom is 0.328 e. The smallest absolute Gasteiger partial charge is 0.328 e. The van der Waals surface area contributed by atoms with Gasteiger partial charge >= 0.3 is 5.97 Å². The minimum absolute atomic E-state index is 0.431. The van der Waals surface area contributed by atoms with Gasteiger partial charge in [-0.25, -0.2) is 4.79 Å². The van der Waals surface area contributed by atoms with Gasteiger partial charge in [-0.15, -0.1) is 0 Å². The quantitative estimate of drug-likeness (QED) is 0.819. The van der Waals surface area contributed by atoms with Gasteiger partial charge in [-0.2, -0.15) is 0 Å². The van der Waals surface area contributed by atoms with E-state index in [1.807, 2.05) is 18.9 Å². The number of carboxylic acid groups (broad SMARTS) is 1. The Morgan fingerprint density at radius 2 is 2.22 bits per heavy atom. The molecule has 0 amide bonds. The lowest BCUT2D eigenvalue weighted by Crippen LogP contribution is -2.44. The maximum atomic E-state index is 11.5. The number of aliphatic carboxylic acids is 1. The highest BCUT2D eigenvalue weighted by molar-refractivity contribution is 6.31. The average molecular weight is 269 g/mol. The van der Waals surface area contributed by atoms with Crippen molar-refractivity contribution >= 4 is 23.3 Å². The van der Waals surface area contributed by atoms with Crippen LogP contribution in [0.15, 0.2) is 12.1 Å². The van der Waals surface area contributed by atoms with Crippen molar-refractivity contribution < 1.29 is 9.90 Å². The van der Waals surface area contributed by atoms with Crippen molar-refractivity contribution in [2.45, 2.75) is 25.3 Å². The van der Waals surface area contributed by atoms with Gasteiger partial charge in [-0.1, -0.05) is 17.7 Å². The van der Waals surface area contributed by atoms with Crippen molar-refractivity contribution in [3.8, 4) is 0 Å². The molecule has 1 heterocycles. The minimum Gasteiger partial charge on any atom is -0.480 e. The SMILES string of the molecule is Cc1c(Cl)ccc2c1N(C)CCCC2(N)C(=O)O. The van der Waals surface area contributed by atoms with Crippen LogP contribution >= 0.6 is 11.6 Å². The number of carbonyl (C=O) groups is 1. The number of anilines is 1. The van der Waals surface area contributed by atoms with Crippen molar-refractivity contribution in [1.29, 1.82) is 0 Å². The first-order valence-corrected chi connectivity index (χ1v) is 6.28. The van der Waals surface area contributed by atoms with Crippen LogP contribution in [0.1, 0.15) is 24.0 Å². The number of carboxylic acids is 1. The lowest BCUT2D eigenvalue weighted by atomic mass is 9.85. The van der Waals surface area contributed by atoms with E-state index in [1.165, 1.54) is 0 Å². The van der Waals surface area contributed by atoms with Crippen molar-refractivity contribution in [3.05, 3.63) is 28.3 Å². The molecule has 0 aliphatic carbocycles. The molecular formula is C13H17ClN2O2. The summed E-state index contributed by atoms with van der Waals surface area (Å²) in [4.78, 5) is 13.6. The Morgan fingerprint density at radius 3 is 2.83 bits per heavy atom. The van der Waals surface area contributed by atoms with Crippen LogP contribution < -0.4 is 10.6 Å². The van der Waals surface area contributed by atoms with Gasteiger partial charge in [0.1, 0.15) is 5.54 Å². The fourth-order valence-corrected chi connectivity index (χ4v) is 2.74. The number of halogens is 1. The van der Waals surface area contributed by atoms with Crippen molar-refractivity contribution in [2.75, 3.05) is 18.5 Å². The summed E-state index contributed by atoms with van der Waals surface area (Å²) in [5.74, 6) is -0.985. The van der Waals surface area contributed by atoms with E-state index in [0.29, 0.717) is 17.0 Å². The molecule has 1 aliphatic heterocycles. The normalized spacial score (nSPS) is 23.4. The number of nitrogens with zero attached hydrogens (tertiary/aromatic N) is 1. The molecule has 98 valence electrons. The molecular weight excluding hydrogens is 252 g/mol. The summed E-state index contributed by atoms with van der Waals surface area (Å²) in [6.45, 7) is 2.67. The van der Waals surface area contributed by atoms with E-state index in [2.05, 4.69) is 0 Å². The first-order valence-electron chi connectivity index (χ1n) is 5.91. The summed E-state index contributed by atoms with van der Waals surface area (Å²) in [6, 6.07) is 3.46. The predicted octanol–water partition coefficient (Wildman–Crippen LogP) is 2.12. The number of benzene rings is 1. The second-order valence-corrected chi connectivity index (χ2v) is 5.28. The molecule has 1 aromatic rings. The number of fused-ring (bicyclic) bond motifs is 1. The fraction of sp³-hybridized carbons (Fsp3) is 0.462. The highest BCUT2D eigenvalue weighted by Crippen LogP contribution is 2.39. The van der Waals surface area contributed by atoms with E-state index in [1.54, 1.807) is 12.1 Å². The second kappa shape index (κ2) is 4.44. The summed E-state index contributed by atoms with van der Waals surface area (Å²) < 4.78 is 0. The molecule has 0 saturated heterocycles. The largest absolute Gasteiger partial charge is 0.480 e. The number of nitrogens with two attached hydrogens (primary N) is 1. The molecule has 0 spiro atoms. The highest BCUT2D eigenvalue weighted by atomic mass is 35.5. The Kier molecular flexibility index (Phi) is 3.25. The van der Waals surface area contributed by atoms with E-state index < -0.39 is 11.5 Å². The topological polar surface area (TPSA) is 66.6 Å². The zero-order valence-corrected chi connectivity index (χ0v) is 11.3. The maximum absolute atomic E-state index is 11.5. The van der Waals surface area contributed by atoms with E-state index >= 15 is 0 Å². The van der Waals surface area contributed by atoms with E-state index in [0.717, 1.165) is 24.2 Å². The first kappa shape index (κ1) is 13.2. The standard InChI is InChI=1S/C13H17ClN2O2/c1-8-10(14)5-4-9-11(8)16(2)7-3-6-13(9,15)12(17)18/h4-5H,3,6-7,15H2,1-2H3,(H,17,18). The van der Waals surface area contributed by atoms with Crippen molar-refractivity contribution in [1.82, 2.24) is 0 Å². The number of rotatable bonds is 1. The van der Waals surface area contributed by atoms with Crippen LogP contribution in [-0.4, -0.2) is 24.7 Å². The van der Waals surface area contributed by atoms with Crippen molar-refractivity contribution in [2.24, 2.45) is 5.73 Å². The van der Waals surface area contributed by atoms with Gasteiger partial charge < -0.3 is 15.7 Å². The van der Waals surface area contributed by atoms with Crippen LogP contribution in [-0.2, 0) is 10.3 Å². The third-order valence-electron chi connectivity index (χ3n) is 3.67. The van der Waals surface area contributed by atoms with Crippen LogP contribution in [0.3, 0.4) is 0 Å². The van der Waals surface area contributed by atoms with Gasteiger partial charge in [0.25, 0.3) is 0 Å². The summed E-state index contributed by atoms with van der Waals surface area (Å²) in [7, 11) is 1.94. The molecule has 1 atom stereocenters. The van der Waals surface area contributed by atoms with Crippen LogP contribution in [0.2, 0.25) is 5.02 Å². The molecule has 3 N–H and O–H groups in total. The van der Waals surface area contributed by atoms with E-state index in [-0.39, 0.29) is 0 Å². The summed E-state index contributed by atoms with van der Waals surface area (Å²) in [5, 5.41) is 10.1. The third-order valence-corrected chi connectivity index (χ3v) is 4.08. The molecule has 4 nitrogen and oxygen atoms in total. The van der Waals surface area contributed by atoms with Crippen LogP contribution in [0.25, 0.3) is 0 Å². The summed E-state index contributed by atoms with van der Waals surface area (Å²) in [5.41, 5.74) is 7.19. The highest BCUT2D eigenvalue weighted by Gasteiger charge is 2.40. The molecule has 1 aliphatic rings. The van der Waals surface area contributed by atoms with Crippen LogP contribution in [0, 0.1) is 6.92 Å². The number of hydrogen-bond acceptors (Lipinski definition) is 3. The lowest BCUT2D eigenvalue weighted by molar-refractivity contribution is -0.144. The zero-order chi connectivity index (χ0) is 13.5. The van der Waals surface area contributed by atoms with Gasteiger partial charge in [0.15, 0.2) is 0 Å². The molecule has 0 bridgehead atoms. The van der Waals surface area contributed by atoms with Crippen molar-refractivity contribution in [3.63, 3.8) is 0 Å².